The Balaban J connectivity index is 0.911. The highest BCUT2D eigenvalue weighted by Gasteiger charge is 2.59. The highest BCUT2D eigenvalue weighted by Crippen LogP contribution is 2.66. The van der Waals surface area contributed by atoms with Crippen molar-refractivity contribution in [1.82, 2.24) is 9.55 Å². The van der Waals surface area contributed by atoms with Gasteiger partial charge in [0.15, 0.2) is 0 Å². The fourth-order valence-electron chi connectivity index (χ4n) is 16.0. The van der Waals surface area contributed by atoms with Crippen LogP contribution in [0.25, 0.3) is 49.2 Å². The van der Waals surface area contributed by atoms with Gasteiger partial charge in [0.25, 0.3) is 0 Å². The summed E-state index contributed by atoms with van der Waals surface area (Å²) in [5.41, 5.74) is 12.5. The molecular weight excluding hydrogens is 1020 g/mol. The molecule has 0 amide bonds. The number of anilines is 4. The highest BCUT2D eigenvalue weighted by molar-refractivity contribution is 6.93. The first-order chi connectivity index (χ1) is 38.6. The standard InChI is InChI=1S/C74H80N4OSi2/c1-72(2,3)50-28-32-64-62(42-50)61-31-29-56(79-57-41-52(73(4,5)6)40-55(44-57)76-46-77(66-24-16-15-23-65(66)76)71-68(80(7,8)9)25-18-26-69(71)81(10,11)12)45-67(61)78(64)70-43-51(33-34-75-70)74(53-36-47-35-48(38-53)39-54(74)37-47)63-22-17-21-59-58-20-14-13-19-49(58)27-30-60(59)63/h13-34,40-45,47-48,53-54H,35-39,46H2,1-12H3. The Kier molecular flexibility index (Phi) is 11.9. The van der Waals surface area contributed by atoms with Crippen LogP contribution in [0.4, 0.5) is 22.7 Å². The topological polar surface area (TPSA) is 33.5 Å². The number of ether oxygens (including phenoxy) is 1. The first kappa shape index (κ1) is 52.2. The molecule has 3 heterocycles. The smallest absolute Gasteiger partial charge is 0.137 e. The minimum Gasteiger partial charge on any atom is -0.457 e. The lowest BCUT2D eigenvalue weighted by Gasteiger charge is -2.62. The minimum atomic E-state index is -1.75. The van der Waals surface area contributed by atoms with Crippen LogP contribution >= 0.6 is 0 Å². The third kappa shape index (κ3) is 8.52. The molecular formula is C74H80N4OSi2. The van der Waals surface area contributed by atoms with Gasteiger partial charge in [-0.25, -0.2) is 4.98 Å². The van der Waals surface area contributed by atoms with Gasteiger partial charge in [-0.1, -0.05) is 172 Å². The van der Waals surface area contributed by atoms with Crippen molar-refractivity contribution in [2.45, 2.75) is 129 Å². The molecule has 0 radical (unpaired) electrons. The molecule has 10 aromatic rings. The molecule has 5 nitrogen and oxygen atoms in total. The molecule has 0 spiro atoms. The number of para-hydroxylation sites is 3. The van der Waals surface area contributed by atoms with Crippen LogP contribution in [-0.2, 0) is 16.2 Å². The number of pyridine rings is 1. The molecule has 4 bridgehead atoms. The second kappa shape index (κ2) is 18.5. The Morgan fingerprint density at radius 2 is 1.14 bits per heavy atom. The van der Waals surface area contributed by atoms with E-state index in [0.717, 1.165) is 52.5 Å². The fourth-order valence-corrected chi connectivity index (χ4v) is 19.3. The van der Waals surface area contributed by atoms with E-state index in [2.05, 4.69) is 265 Å². The van der Waals surface area contributed by atoms with Crippen molar-refractivity contribution in [3.8, 4) is 17.3 Å². The zero-order valence-electron chi connectivity index (χ0n) is 49.9. The maximum absolute atomic E-state index is 7.28. The molecule has 0 atom stereocenters. The van der Waals surface area contributed by atoms with Crippen molar-refractivity contribution >= 4 is 92.6 Å². The van der Waals surface area contributed by atoms with Gasteiger partial charge in [-0.15, -0.1) is 0 Å². The van der Waals surface area contributed by atoms with E-state index in [1.165, 1.54) is 114 Å². The van der Waals surface area contributed by atoms with Gasteiger partial charge in [0.2, 0.25) is 0 Å². The molecule has 5 aliphatic rings. The molecule has 7 heteroatoms. The monoisotopic (exact) mass is 1100 g/mol. The van der Waals surface area contributed by atoms with Crippen LogP contribution in [0.2, 0.25) is 39.3 Å². The normalized spacial score (nSPS) is 21.0. The molecule has 0 saturated heterocycles. The Bertz CT molecular complexity index is 4100. The van der Waals surface area contributed by atoms with Crippen LogP contribution in [0.5, 0.6) is 11.5 Å². The summed E-state index contributed by atoms with van der Waals surface area (Å²) in [6, 6.07) is 63.0. The van der Waals surface area contributed by atoms with Crippen LogP contribution in [-0.4, -0.2) is 32.4 Å². The van der Waals surface area contributed by atoms with Gasteiger partial charge in [-0.2, -0.15) is 0 Å². The third-order valence-electron chi connectivity index (χ3n) is 19.7. The summed E-state index contributed by atoms with van der Waals surface area (Å²) in [6.45, 7) is 29.6. The highest BCUT2D eigenvalue weighted by atomic mass is 28.3. The van der Waals surface area contributed by atoms with Gasteiger partial charge in [0.1, 0.15) is 24.0 Å². The van der Waals surface area contributed by atoms with E-state index in [4.69, 9.17) is 9.72 Å². The van der Waals surface area contributed by atoms with E-state index in [1.54, 1.807) is 0 Å². The number of hydrogen-bond donors (Lipinski definition) is 0. The van der Waals surface area contributed by atoms with E-state index in [-0.39, 0.29) is 16.2 Å². The lowest BCUT2D eigenvalue weighted by molar-refractivity contribution is -0.0412. The molecule has 81 heavy (non-hydrogen) atoms. The second-order valence-electron chi connectivity index (χ2n) is 29.0. The maximum Gasteiger partial charge on any atom is 0.137 e. The lowest BCUT2D eigenvalue weighted by atomic mass is 9.42. The van der Waals surface area contributed by atoms with Crippen molar-refractivity contribution in [2.24, 2.45) is 23.7 Å². The summed E-state index contributed by atoms with van der Waals surface area (Å²) in [7, 11) is -3.49. The van der Waals surface area contributed by atoms with E-state index in [0.29, 0.717) is 11.8 Å². The van der Waals surface area contributed by atoms with Gasteiger partial charge in [-0.05, 0) is 181 Å². The average molecular weight is 1100 g/mol. The van der Waals surface area contributed by atoms with Crippen LogP contribution in [0, 0.1) is 23.7 Å². The zero-order valence-corrected chi connectivity index (χ0v) is 51.9. The number of hydrogen-bond acceptors (Lipinski definition) is 4. The number of rotatable bonds is 9. The Morgan fingerprint density at radius 1 is 0.494 bits per heavy atom. The minimum absolute atomic E-state index is 0.0174. The molecule has 8 aromatic carbocycles. The summed E-state index contributed by atoms with van der Waals surface area (Å²) < 4.78 is 9.73. The summed E-state index contributed by atoms with van der Waals surface area (Å²) in [5.74, 6) is 5.41. The van der Waals surface area contributed by atoms with Crippen LogP contribution in [0.1, 0.15) is 95.9 Å². The lowest BCUT2D eigenvalue weighted by Crippen LogP contribution is -2.56. The first-order valence-electron chi connectivity index (χ1n) is 30.2. The maximum atomic E-state index is 7.28. The molecule has 1 aliphatic heterocycles. The van der Waals surface area contributed by atoms with Crippen molar-refractivity contribution in [3.05, 3.63) is 192 Å². The van der Waals surface area contributed by atoms with Crippen molar-refractivity contribution in [3.63, 3.8) is 0 Å². The summed E-state index contributed by atoms with van der Waals surface area (Å²) in [5, 5.41) is 10.9. The first-order valence-corrected chi connectivity index (χ1v) is 37.2. The Morgan fingerprint density at radius 3 is 1.83 bits per heavy atom. The molecule has 0 N–H and O–H groups in total. The van der Waals surface area contributed by atoms with Gasteiger partial charge < -0.3 is 14.5 Å². The van der Waals surface area contributed by atoms with E-state index in [9.17, 15) is 0 Å². The third-order valence-corrected chi connectivity index (χ3v) is 23.7. The number of benzene rings is 8. The van der Waals surface area contributed by atoms with Crippen LogP contribution in [0.15, 0.2) is 170 Å². The van der Waals surface area contributed by atoms with E-state index < -0.39 is 16.1 Å². The predicted octanol–water partition coefficient (Wildman–Crippen LogP) is 19.0. The van der Waals surface area contributed by atoms with Gasteiger partial charge in [0, 0.05) is 45.9 Å². The SMILES string of the molecule is CC(C)(C)c1cc(Oc2ccc3c4cc(C(C)(C)C)ccc4n(-c4cc(C5(c6cccc7c6ccc6ccccc67)C6CC7CC(C6)CC5C7)ccn4)c3c2)cc(N2CN(c3c([Si](C)(C)C)cccc3[Si](C)(C)C)c3ccccc32)c1. The second-order valence-corrected chi connectivity index (χ2v) is 39.1. The number of fused-ring (bicyclic) bond motifs is 7. The van der Waals surface area contributed by atoms with Gasteiger partial charge in [0.05, 0.1) is 38.6 Å². The Labute approximate surface area is 483 Å². The van der Waals surface area contributed by atoms with Crippen molar-refractivity contribution in [1.29, 1.82) is 0 Å². The van der Waals surface area contributed by atoms with Crippen LogP contribution < -0.4 is 24.9 Å². The zero-order chi connectivity index (χ0) is 56.1. The molecule has 4 saturated carbocycles. The van der Waals surface area contributed by atoms with Crippen molar-refractivity contribution < 1.29 is 4.74 Å². The van der Waals surface area contributed by atoms with Crippen molar-refractivity contribution in [2.75, 3.05) is 16.5 Å². The summed E-state index contributed by atoms with van der Waals surface area (Å²) in [6.07, 6.45) is 8.74. The number of aromatic nitrogens is 2. The molecule has 2 aromatic heterocycles. The number of nitrogens with zero attached hydrogens (tertiary/aromatic N) is 4. The molecule has 410 valence electrons. The van der Waals surface area contributed by atoms with Gasteiger partial charge in [-0.3, -0.25) is 4.57 Å². The van der Waals surface area contributed by atoms with E-state index >= 15 is 0 Å². The predicted molar refractivity (Wildman–Crippen MR) is 350 cm³/mol. The Hall–Kier alpha value is -6.94. The summed E-state index contributed by atoms with van der Waals surface area (Å²) >= 11 is 0. The molecule has 4 aliphatic carbocycles. The van der Waals surface area contributed by atoms with Crippen LogP contribution in [0.3, 0.4) is 0 Å². The quantitative estimate of drug-likeness (QED) is 0.107. The molecule has 4 fully saturated rings. The van der Waals surface area contributed by atoms with E-state index in [1.807, 2.05) is 0 Å². The molecule has 15 rings (SSSR count). The molecule has 0 unspecified atom stereocenters. The van der Waals surface area contributed by atoms with Gasteiger partial charge >= 0.3 is 0 Å². The summed E-state index contributed by atoms with van der Waals surface area (Å²) in [4.78, 5) is 10.6. The average Bonchev–Trinajstić information content (AvgIpc) is 4.10. The fraction of sp³-hybridized carbons (Fsp3) is 0.338. The largest absolute Gasteiger partial charge is 0.457 e.